The lowest BCUT2D eigenvalue weighted by molar-refractivity contribution is 0.153. The van der Waals surface area contributed by atoms with Crippen molar-refractivity contribution < 1.29 is 14.3 Å². The highest BCUT2D eigenvalue weighted by Gasteiger charge is 2.10. The Hall–Kier alpha value is -1.74. The number of benzene rings is 1. The van der Waals surface area contributed by atoms with Gasteiger partial charge < -0.3 is 24.9 Å². The highest BCUT2D eigenvalue weighted by molar-refractivity contribution is 14.0. The smallest absolute Gasteiger partial charge is 0.191 e. The van der Waals surface area contributed by atoms with Crippen LogP contribution in [0.2, 0.25) is 0 Å². The summed E-state index contributed by atoms with van der Waals surface area (Å²) >= 11 is 0. The van der Waals surface area contributed by atoms with Crippen LogP contribution >= 0.6 is 24.0 Å². The van der Waals surface area contributed by atoms with Gasteiger partial charge in [-0.3, -0.25) is 0 Å². The van der Waals surface area contributed by atoms with Crippen molar-refractivity contribution in [2.75, 3.05) is 20.2 Å². The molecule has 0 amide bonds. The van der Waals surface area contributed by atoms with Crippen LogP contribution in [0.1, 0.15) is 24.4 Å². The van der Waals surface area contributed by atoms with E-state index in [2.05, 4.69) is 15.6 Å². The van der Waals surface area contributed by atoms with Crippen LogP contribution in [0.4, 0.5) is 0 Å². The molecule has 6 nitrogen and oxygen atoms in total. The van der Waals surface area contributed by atoms with Crippen molar-refractivity contribution >= 4 is 29.9 Å². The van der Waals surface area contributed by atoms with E-state index in [-0.39, 0.29) is 24.0 Å². The molecule has 1 atom stereocenters. The number of furan rings is 1. The van der Waals surface area contributed by atoms with Crippen LogP contribution in [0.5, 0.6) is 5.75 Å². The van der Waals surface area contributed by atoms with Crippen LogP contribution in [-0.4, -0.2) is 31.3 Å². The van der Waals surface area contributed by atoms with Crippen LogP contribution in [0.3, 0.4) is 0 Å². The Balaban J connectivity index is 0.00000288. The molecule has 7 heteroatoms. The van der Waals surface area contributed by atoms with Gasteiger partial charge in [-0.05, 0) is 36.8 Å². The van der Waals surface area contributed by atoms with Crippen LogP contribution in [-0.2, 0) is 6.54 Å². The maximum Gasteiger partial charge on any atom is 0.191 e. The molecule has 132 valence electrons. The molecule has 3 N–H and O–H groups in total. The summed E-state index contributed by atoms with van der Waals surface area (Å²) < 4.78 is 10.3. The number of halogens is 1. The molecule has 0 saturated carbocycles. The number of ether oxygens (including phenoxy) is 1. The minimum atomic E-state index is -0.713. The van der Waals surface area contributed by atoms with E-state index < -0.39 is 6.10 Å². The summed E-state index contributed by atoms with van der Waals surface area (Å²) in [5, 5.41) is 16.3. The topological polar surface area (TPSA) is 79.0 Å². The quantitative estimate of drug-likeness (QED) is 0.347. The van der Waals surface area contributed by atoms with Crippen molar-refractivity contribution in [3.8, 4) is 5.75 Å². The van der Waals surface area contributed by atoms with Crippen LogP contribution in [0, 0.1) is 0 Å². The average Bonchev–Trinajstić information content (AvgIpc) is 3.12. The van der Waals surface area contributed by atoms with Crippen molar-refractivity contribution in [3.63, 3.8) is 0 Å². The Labute approximate surface area is 159 Å². The summed E-state index contributed by atoms with van der Waals surface area (Å²) in [6, 6.07) is 11.3. The van der Waals surface area contributed by atoms with Crippen LogP contribution < -0.4 is 15.4 Å². The molecule has 0 aliphatic heterocycles. The van der Waals surface area contributed by atoms with Gasteiger partial charge in [-0.1, -0.05) is 12.1 Å². The predicted octanol–water partition coefficient (Wildman–Crippen LogP) is 2.69. The standard InChI is InChI=1S/C17H23N3O3.HI/c1-3-18-17(20-12-15(21)16-5-4-10-23-16)19-11-13-6-8-14(22-2)9-7-13;/h4-10,15,21H,3,11-12H2,1-2H3,(H2,18,19,20);1H. The number of aliphatic hydroxyl groups excluding tert-OH is 1. The van der Waals surface area contributed by atoms with Gasteiger partial charge in [0.2, 0.25) is 0 Å². The third-order valence-corrected chi connectivity index (χ3v) is 3.26. The average molecular weight is 445 g/mol. The first-order valence-electron chi connectivity index (χ1n) is 7.59. The highest BCUT2D eigenvalue weighted by Crippen LogP contribution is 2.12. The molecule has 1 unspecified atom stereocenters. The Morgan fingerprint density at radius 3 is 2.58 bits per heavy atom. The molecule has 0 aliphatic carbocycles. The van der Waals surface area contributed by atoms with Gasteiger partial charge in [0.25, 0.3) is 0 Å². The summed E-state index contributed by atoms with van der Waals surface area (Å²) in [5.41, 5.74) is 1.08. The molecule has 2 aromatic rings. The van der Waals surface area contributed by atoms with Gasteiger partial charge in [0.05, 0.1) is 26.5 Å². The zero-order chi connectivity index (χ0) is 16.5. The summed E-state index contributed by atoms with van der Waals surface area (Å²) in [6.45, 7) is 3.59. The Morgan fingerprint density at radius 2 is 2.00 bits per heavy atom. The maximum absolute atomic E-state index is 10.0. The number of hydrogen-bond acceptors (Lipinski definition) is 4. The molecule has 0 aliphatic rings. The van der Waals surface area contributed by atoms with E-state index in [1.165, 1.54) is 0 Å². The lowest BCUT2D eigenvalue weighted by atomic mass is 10.2. The first-order chi connectivity index (χ1) is 11.2. The second-order valence-electron chi connectivity index (χ2n) is 4.96. The van der Waals surface area contributed by atoms with E-state index in [9.17, 15) is 5.11 Å². The molecule has 0 radical (unpaired) electrons. The molecule has 1 aromatic heterocycles. The summed E-state index contributed by atoms with van der Waals surface area (Å²) in [5.74, 6) is 2.00. The number of hydrogen-bond donors (Lipinski definition) is 3. The number of rotatable bonds is 7. The molecule has 0 saturated heterocycles. The maximum atomic E-state index is 10.0. The zero-order valence-corrected chi connectivity index (χ0v) is 16.2. The summed E-state index contributed by atoms with van der Waals surface area (Å²) in [7, 11) is 1.64. The molecule has 0 bridgehead atoms. The summed E-state index contributed by atoms with van der Waals surface area (Å²) in [4.78, 5) is 4.50. The monoisotopic (exact) mass is 445 g/mol. The second kappa shape index (κ2) is 10.9. The van der Waals surface area contributed by atoms with Gasteiger partial charge in [0, 0.05) is 6.54 Å². The van der Waals surface area contributed by atoms with Crippen molar-refractivity contribution in [1.82, 2.24) is 10.6 Å². The van der Waals surface area contributed by atoms with Crippen molar-refractivity contribution in [2.24, 2.45) is 4.99 Å². The Morgan fingerprint density at radius 1 is 1.25 bits per heavy atom. The van der Waals surface area contributed by atoms with E-state index in [4.69, 9.17) is 9.15 Å². The number of aliphatic hydroxyl groups is 1. The molecule has 0 spiro atoms. The van der Waals surface area contributed by atoms with Crippen molar-refractivity contribution in [3.05, 3.63) is 54.0 Å². The van der Waals surface area contributed by atoms with Gasteiger partial charge in [-0.15, -0.1) is 24.0 Å². The molecule has 0 fully saturated rings. The molecule has 2 rings (SSSR count). The fourth-order valence-electron chi connectivity index (χ4n) is 2.02. The molecular weight excluding hydrogens is 421 g/mol. The molecule has 24 heavy (non-hydrogen) atoms. The van der Waals surface area contributed by atoms with E-state index in [1.807, 2.05) is 31.2 Å². The highest BCUT2D eigenvalue weighted by atomic mass is 127. The van der Waals surface area contributed by atoms with Gasteiger partial charge in [-0.2, -0.15) is 0 Å². The Kier molecular flexibility index (Phi) is 9.24. The third-order valence-electron chi connectivity index (χ3n) is 3.26. The number of methoxy groups -OCH3 is 1. The van der Waals surface area contributed by atoms with E-state index in [0.29, 0.717) is 24.8 Å². The lowest BCUT2D eigenvalue weighted by Gasteiger charge is -2.14. The zero-order valence-electron chi connectivity index (χ0n) is 13.9. The second-order valence-corrected chi connectivity index (χ2v) is 4.96. The van der Waals surface area contributed by atoms with Crippen LogP contribution in [0.15, 0.2) is 52.1 Å². The largest absolute Gasteiger partial charge is 0.497 e. The SMILES string of the molecule is CCNC(=NCc1ccc(OC)cc1)NCC(O)c1ccco1.I. The van der Waals surface area contributed by atoms with Gasteiger partial charge >= 0.3 is 0 Å². The fourth-order valence-corrected chi connectivity index (χ4v) is 2.02. The number of aliphatic imine (C=N–C) groups is 1. The molecule has 1 aromatic carbocycles. The number of nitrogens with one attached hydrogen (secondary N) is 2. The normalized spacial score (nSPS) is 12.2. The van der Waals surface area contributed by atoms with E-state index in [0.717, 1.165) is 17.9 Å². The number of guanidine groups is 1. The van der Waals surface area contributed by atoms with E-state index in [1.54, 1.807) is 25.5 Å². The van der Waals surface area contributed by atoms with Gasteiger partial charge in [0.15, 0.2) is 5.96 Å². The number of nitrogens with zero attached hydrogens (tertiary/aromatic N) is 1. The Bertz CT molecular complexity index is 600. The first-order valence-corrected chi connectivity index (χ1v) is 7.59. The minimum absolute atomic E-state index is 0. The van der Waals surface area contributed by atoms with Gasteiger partial charge in [-0.25, -0.2) is 4.99 Å². The molecular formula is C17H24IN3O3. The molecule has 1 heterocycles. The predicted molar refractivity (Wildman–Crippen MR) is 105 cm³/mol. The van der Waals surface area contributed by atoms with Gasteiger partial charge in [0.1, 0.15) is 17.6 Å². The lowest BCUT2D eigenvalue weighted by Crippen LogP contribution is -2.39. The minimum Gasteiger partial charge on any atom is -0.497 e. The first kappa shape index (κ1) is 20.3. The van der Waals surface area contributed by atoms with Crippen molar-refractivity contribution in [2.45, 2.75) is 19.6 Å². The fraction of sp³-hybridized carbons (Fsp3) is 0.353. The van der Waals surface area contributed by atoms with Crippen LogP contribution in [0.25, 0.3) is 0 Å². The summed E-state index contributed by atoms with van der Waals surface area (Å²) in [6.07, 6.45) is 0.830. The van der Waals surface area contributed by atoms with Crippen molar-refractivity contribution in [1.29, 1.82) is 0 Å². The third kappa shape index (κ3) is 6.40. The van der Waals surface area contributed by atoms with E-state index >= 15 is 0 Å².